The second-order valence-corrected chi connectivity index (χ2v) is 9.78. The highest BCUT2D eigenvalue weighted by Crippen LogP contribution is 2.35. The number of nitrogens with zero attached hydrogens (tertiary/aromatic N) is 4. The van der Waals surface area contributed by atoms with E-state index in [1.807, 2.05) is 19.9 Å². The van der Waals surface area contributed by atoms with Gasteiger partial charge in [0.25, 0.3) is 0 Å². The summed E-state index contributed by atoms with van der Waals surface area (Å²) in [5, 5.41) is 4.77. The molecule has 30 heavy (non-hydrogen) atoms. The third-order valence-corrected chi connectivity index (χ3v) is 7.28. The molecule has 2 saturated heterocycles. The molecular formula is C23H31Cl2N5. The predicted molar refractivity (Wildman–Crippen MR) is 126 cm³/mol. The Labute approximate surface area is 189 Å². The van der Waals surface area contributed by atoms with Crippen molar-refractivity contribution in [2.24, 2.45) is 11.8 Å². The van der Waals surface area contributed by atoms with E-state index in [1.54, 1.807) is 0 Å². The van der Waals surface area contributed by atoms with Crippen LogP contribution < -0.4 is 10.2 Å². The van der Waals surface area contributed by atoms with Crippen LogP contribution >= 0.6 is 23.2 Å². The van der Waals surface area contributed by atoms with Crippen molar-refractivity contribution in [3.63, 3.8) is 0 Å². The largest absolute Gasteiger partial charge is 0.362 e. The molecule has 0 amide bonds. The summed E-state index contributed by atoms with van der Waals surface area (Å²) in [7, 11) is 2.23. The van der Waals surface area contributed by atoms with Crippen LogP contribution in [0, 0.1) is 25.7 Å². The first-order valence-corrected chi connectivity index (χ1v) is 11.6. The molecule has 0 unspecified atom stereocenters. The fraction of sp³-hybridized carbons (Fsp3) is 0.565. The monoisotopic (exact) mass is 447 g/mol. The molecule has 1 aromatic heterocycles. The Kier molecular flexibility index (Phi) is 6.42. The smallest absolute Gasteiger partial charge is 0.227 e. The molecule has 4 rings (SSSR count). The molecule has 162 valence electrons. The zero-order valence-electron chi connectivity index (χ0n) is 18.3. The number of aromatic nitrogens is 2. The lowest BCUT2D eigenvalue weighted by Crippen LogP contribution is -2.53. The number of benzene rings is 1. The van der Waals surface area contributed by atoms with Crippen LogP contribution in [0.5, 0.6) is 0 Å². The number of likely N-dealkylation sites (tertiary alicyclic amines) is 1. The molecule has 0 radical (unpaired) electrons. The molecule has 2 aliphatic rings. The Morgan fingerprint density at radius 3 is 2.57 bits per heavy atom. The molecule has 1 N–H and O–H groups in total. The molecule has 2 aliphatic heterocycles. The van der Waals surface area contributed by atoms with Crippen LogP contribution in [0.4, 0.5) is 11.8 Å². The molecule has 0 aliphatic carbocycles. The number of nitrogens with one attached hydrogen (secondary N) is 1. The zero-order valence-corrected chi connectivity index (χ0v) is 19.8. The summed E-state index contributed by atoms with van der Waals surface area (Å²) in [6.45, 7) is 10.5. The van der Waals surface area contributed by atoms with Gasteiger partial charge in [-0.05, 0) is 76.2 Å². The lowest BCUT2D eigenvalue weighted by molar-refractivity contribution is 0.140. The summed E-state index contributed by atoms with van der Waals surface area (Å²) < 4.78 is 0. The van der Waals surface area contributed by atoms with Crippen LogP contribution in [-0.4, -0.2) is 48.1 Å². The summed E-state index contributed by atoms with van der Waals surface area (Å²) in [6, 6.07) is 6.09. The van der Waals surface area contributed by atoms with E-state index < -0.39 is 0 Å². The van der Waals surface area contributed by atoms with Crippen molar-refractivity contribution < 1.29 is 0 Å². The van der Waals surface area contributed by atoms with Gasteiger partial charge in [0.2, 0.25) is 5.95 Å². The number of piperidine rings is 1. The SMILES string of the molecule is Cc1ccc([C@@H](C)Nc2nc(N3CC([C@H]4CCCN(C)C4)C3)nc(C)c2Cl)c(Cl)c1. The quantitative estimate of drug-likeness (QED) is 0.668. The molecular weight excluding hydrogens is 417 g/mol. The summed E-state index contributed by atoms with van der Waals surface area (Å²) in [6.07, 6.45) is 2.65. The minimum atomic E-state index is -0.0142. The fourth-order valence-corrected chi connectivity index (χ4v) is 5.15. The molecule has 0 bridgehead atoms. The van der Waals surface area contributed by atoms with Gasteiger partial charge in [-0.3, -0.25) is 0 Å². The molecule has 5 nitrogen and oxygen atoms in total. The first-order chi connectivity index (χ1) is 14.3. The maximum Gasteiger partial charge on any atom is 0.227 e. The van der Waals surface area contributed by atoms with Crippen molar-refractivity contribution in [1.82, 2.24) is 14.9 Å². The van der Waals surface area contributed by atoms with Gasteiger partial charge in [0, 0.05) is 24.7 Å². The van der Waals surface area contributed by atoms with Gasteiger partial charge in [0.15, 0.2) is 5.82 Å². The molecule has 0 spiro atoms. The number of rotatable bonds is 5. The van der Waals surface area contributed by atoms with Gasteiger partial charge < -0.3 is 15.1 Å². The highest BCUT2D eigenvalue weighted by Gasteiger charge is 2.36. The van der Waals surface area contributed by atoms with Crippen molar-refractivity contribution in [2.75, 3.05) is 43.4 Å². The van der Waals surface area contributed by atoms with Gasteiger partial charge >= 0.3 is 0 Å². The Bertz CT molecular complexity index is 913. The summed E-state index contributed by atoms with van der Waals surface area (Å²) in [5.74, 6) is 2.95. The number of hydrogen-bond donors (Lipinski definition) is 1. The van der Waals surface area contributed by atoms with Crippen LogP contribution in [0.2, 0.25) is 10.0 Å². The first kappa shape index (κ1) is 21.7. The average molecular weight is 448 g/mol. The Morgan fingerprint density at radius 1 is 1.10 bits per heavy atom. The van der Waals surface area contributed by atoms with Crippen molar-refractivity contribution in [1.29, 1.82) is 0 Å². The Morgan fingerprint density at radius 2 is 1.87 bits per heavy atom. The van der Waals surface area contributed by atoms with E-state index in [4.69, 9.17) is 28.2 Å². The van der Waals surface area contributed by atoms with Crippen molar-refractivity contribution in [3.8, 4) is 0 Å². The van der Waals surface area contributed by atoms with Gasteiger partial charge in [-0.25, -0.2) is 4.98 Å². The summed E-state index contributed by atoms with van der Waals surface area (Å²) in [4.78, 5) is 14.2. The first-order valence-electron chi connectivity index (χ1n) is 10.8. The lowest BCUT2D eigenvalue weighted by Gasteiger charge is -2.46. The minimum Gasteiger partial charge on any atom is -0.362 e. The second kappa shape index (κ2) is 8.89. The van der Waals surface area contributed by atoms with E-state index in [2.05, 4.69) is 46.2 Å². The standard InChI is InChI=1S/C23H31Cl2N5/c1-14-7-8-19(20(24)10-14)15(2)26-22-21(25)16(3)27-23(28-22)30-12-18(13-30)17-6-5-9-29(4)11-17/h7-8,10,15,17-18H,5-6,9,11-13H2,1-4H3,(H,26,27,28)/t15-,17+/m1/s1. The van der Waals surface area contributed by atoms with Crippen LogP contribution in [0.15, 0.2) is 18.2 Å². The molecule has 7 heteroatoms. The number of halogens is 2. The maximum absolute atomic E-state index is 6.55. The van der Waals surface area contributed by atoms with E-state index in [0.717, 1.165) is 52.7 Å². The van der Waals surface area contributed by atoms with Crippen LogP contribution in [-0.2, 0) is 0 Å². The number of hydrogen-bond acceptors (Lipinski definition) is 5. The normalized spacial score (nSPS) is 21.4. The molecule has 2 aromatic rings. The van der Waals surface area contributed by atoms with Crippen molar-refractivity contribution >= 4 is 35.0 Å². The van der Waals surface area contributed by atoms with Gasteiger partial charge in [-0.1, -0.05) is 35.3 Å². The lowest BCUT2D eigenvalue weighted by atomic mass is 9.81. The summed E-state index contributed by atoms with van der Waals surface area (Å²) >= 11 is 13.0. The van der Waals surface area contributed by atoms with E-state index >= 15 is 0 Å². The molecule has 2 fully saturated rings. The van der Waals surface area contributed by atoms with Gasteiger partial charge in [0.05, 0.1) is 11.7 Å². The molecule has 0 saturated carbocycles. The Balaban J connectivity index is 1.46. The Hall–Kier alpha value is -1.56. The van der Waals surface area contributed by atoms with Gasteiger partial charge in [-0.2, -0.15) is 4.98 Å². The van der Waals surface area contributed by atoms with Gasteiger partial charge in [0.1, 0.15) is 5.02 Å². The molecule has 1 aromatic carbocycles. The topological polar surface area (TPSA) is 44.3 Å². The van der Waals surface area contributed by atoms with Gasteiger partial charge in [-0.15, -0.1) is 0 Å². The van der Waals surface area contributed by atoms with E-state index in [0.29, 0.717) is 10.8 Å². The van der Waals surface area contributed by atoms with Crippen LogP contribution in [0.1, 0.15) is 42.6 Å². The fourth-order valence-electron chi connectivity index (χ4n) is 4.61. The zero-order chi connectivity index (χ0) is 21.4. The second-order valence-electron chi connectivity index (χ2n) is 8.99. The van der Waals surface area contributed by atoms with Crippen molar-refractivity contribution in [3.05, 3.63) is 45.1 Å². The number of anilines is 2. The van der Waals surface area contributed by atoms with E-state index in [-0.39, 0.29) is 6.04 Å². The summed E-state index contributed by atoms with van der Waals surface area (Å²) in [5.41, 5.74) is 2.97. The minimum absolute atomic E-state index is 0.0142. The third kappa shape index (κ3) is 4.53. The molecule has 3 heterocycles. The van der Waals surface area contributed by atoms with Crippen LogP contribution in [0.25, 0.3) is 0 Å². The van der Waals surface area contributed by atoms with E-state index in [1.165, 1.54) is 25.9 Å². The highest BCUT2D eigenvalue weighted by molar-refractivity contribution is 6.33. The third-order valence-electron chi connectivity index (χ3n) is 6.50. The van der Waals surface area contributed by atoms with E-state index in [9.17, 15) is 0 Å². The van der Waals surface area contributed by atoms with Crippen molar-refractivity contribution in [2.45, 2.75) is 39.7 Å². The highest BCUT2D eigenvalue weighted by atomic mass is 35.5. The number of aryl methyl sites for hydroxylation is 2. The molecule has 2 atom stereocenters. The average Bonchev–Trinajstić information content (AvgIpc) is 2.64. The predicted octanol–water partition coefficient (Wildman–Crippen LogP) is 5.35. The maximum atomic E-state index is 6.55. The van der Waals surface area contributed by atoms with Crippen LogP contribution in [0.3, 0.4) is 0 Å².